The van der Waals surface area contributed by atoms with Crippen LogP contribution in [0.25, 0.3) is 0 Å². The summed E-state index contributed by atoms with van der Waals surface area (Å²) < 4.78 is 5.18. The highest BCUT2D eigenvalue weighted by molar-refractivity contribution is 6.30. The molecule has 2 aromatic carbocycles. The Morgan fingerprint density at radius 2 is 1.65 bits per heavy atom. The van der Waals surface area contributed by atoms with Gasteiger partial charge in [-0.05, 0) is 41.8 Å². The lowest BCUT2D eigenvalue weighted by atomic mass is 9.77. The van der Waals surface area contributed by atoms with Crippen LogP contribution in [0.15, 0.2) is 48.5 Å². The molecule has 0 spiro atoms. The maximum Gasteiger partial charge on any atom is 0.118 e. The molecule has 0 saturated carbocycles. The molecular formula is C17H20ClNO. The van der Waals surface area contributed by atoms with Gasteiger partial charge in [-0.1, -0.05) is 42.8 Å². The van der Waals surface area contributed by atoms with Gasteiger partial charge in [0.2, 0.25) is 0 Å². The van der Waals surface area contributed by atoms with Crippen LogP contribution < -0.4 is 10.5 Å². The number of ether oxygens (including phenoxy) is 1. The fourth-order valence-corrected chi connectivity index (χ4v) is 2.46. The van der Waals surface area contributed by atoms with Crippen molar-refractivity contribution < 1.29 is 4.74 Å². The average Bonchev–Trinajstić information content (AvgIpc) is 2.48. The smallest absolute Gasteiger partial charge is 0.118 e. The second-order valence-electron chi connectivity index (χ2n) is 5.30. The molecule has 2 aromatic rings. The van der Waals surface area contributed by atoms with Gasteiger partial charge in [0.15, 0.2) is 0 Å². The van der Waals surface area contributed by atoms with Crippen molar-refractivity contribution >= 4 is 11.6 Å². The minimum Gasteiger partial charge on any atom is -0.497 e. The summed E-state index contributed by atoms with van der Waals surface area (Å²) in [4.78, 5) is 0. The summed E-state index contributed by atoms with van der Waals surface area (Å²) in [5, 5.41) is 0.748. The van der Waals surface area contributed by atoms with Crippen molar-refractivity contribution in [2.24, 2.45) is 5.73 Å². The van der Waals surface area contributed by atoms with E-state index in [1.165, 1.54) is 11.1 Å². The summed E-state index contributed by atoms with van der Waals surface area (Å²) >= 11 is 5.95. The van der Waals surface area contributed by atoms with Gasteiger partial charge in [-0.25, -0.2) is 0 Å². The summed E-state index contributed by atoms with van der Waals surface area (Å²) in [5.41, 5.74) is 8.38. The predicted octanol–water partition coefficient (Wildman–Crippen LogP) is 3.81. The molecule has 1 atom stereocenters. The van der Waals surface area contributed by atoms with Gasteiger partial charge >= 0.3 is 0 Å². The van der Waals surface area contributed by atoms with Gasteiger partial charge < -0.3 is 10.5 Å². The number of hydrogen-bond donors (Lipinski definition) is 1. The summed E-state index contributed by atoms with van der Waals surface area (Å²) in [6, 6.07) is 16.1. The second-order valence-corrected chi connectivity index (χ2v) is 5.73. The molecule has 0 aliphatic carbocycles. The van der Waals surface area contributed by atoms with E-state index in [9.17, 15) is 0 Å². The quantitative estimate of drug-likeness (QED) is 0.908. The molecule has 0 aliphatic rings. The van der Waals surface area contributed by atoms with E-state index in [1.54, 1.807) is 7.11 Å². The zero-order chi connectivity index (χ0) is 14.6. The van der Waals surface area contributed by atoms with Gasteiger partial charge in [-0.3, -0.25) is 0 Å². The first kappa shape index (κ1) is 14.9. The van der Waals surface area contributed by atoms with Crippen molar-refractivity contribution in [3.8, 4) is 5.75 Å². The fraction of sp³-hybridized carbons (Fsp3) is 0.294. The standard InChI is InChI=1S/C17H20ClNO/c1-17(12-19,14-5-7-15(18)8-6-14)11-13-3-9-16(20-2)10-4-13/h3-10H,11-12,19H2,1-2H3. The van der Waals surface area contributed by atoms with E-state index in [-0.39, 0.29) is 5.41 Å². The van der Waals surface area contributed by atoms with Gasteiger partial charge in [0, 0.05) is 17.0 Å². The molecule has 2 nitrogen and oxygen atoms in total. The molecule has 1 unspecified atom stereocenters. The normalized spacial score (nSPS) is 13.8. The zero-order valence-electron chi connectivity index (χ0n) is 11.9. The van der Waals surface area contributed by atoms with Crippen molar-refractivity contribution in [2.75, 3.05) is 13.7 Å². The number of halogens is 1. The largest absolute Gasteiger partial charge is 0.497 e. The van der Waals surface area contributed by atoms with E-state index >= 15 is 0 Å². The Morgan fingerprint density at radius 1 is 1.05 bits per heavy atom. The number of benzene rings is 2. The summed E-state index contributed by atoms with van der Waals surface area (Å²) in [6.07, 6.45) is 0.884. The molecule has 2 rings (SSSR count). The van der Waals surface area contributed by atoms with Gasteiger partial charge in [-0.15, -0.1) is 0 Å². The summed E-state index contributed by atoms with van der Waals surface area (Å²) in [6.45, 7) is 2.77. The van der Waals surface area contributed by atoms with Gasteiger partial charge in [-0.2, -0.15) is 0 Å². The van der Waals surface area contributed by atoms with E-state index in [0.29, 0.717) is 6.54 Å². The molecule has 0 fully saturated rings. The fourth-order valence-electron chi connectivity index (χ4n) is 2.34. The van der Waals surface area contributed by atoms with Crippen LogP contribution in [0, 0.1) is 0 Å². The van der Waals surface area contributed by atoms with Crippen molar-refractivity contribution in [2.45, 2.75) is 18.8 Å². The summed E-state index contributed by atoms with van der Waals surface area (Å²) in [7, 11) is 1.67. The van der Waals surface area contributed by atoms with E-state index in [2.05, 4.69) is 31.2 Å². The second kappa shape index (κ2) is 6.29. The lowest BCUT2D eigenvalue weighted by molar-refractivity contribution is 0.414. The molecule has 0 aromatic heterocycles. The lowest BCUT2D eigenvalue weighted by Crippen LogP contribution is -2.34. The van der Waals surface area contributed by atoms with Crippen molar-refractivity contribution in [1.82, 2.24) is 0 Å². The Morgan fingerprint density at radius 3 is 2.15 bits per heavy atom. The molecule has 20 heavy (non-hydrogen) atoms. The van der Waals surface area contributed by atoms with Crippen molar-refractivity contribution in [3.63, 3.8) is 0 Å². The van der Waals surface area contributed by atoms with Crippen molar-refractivity contribution in [1.29, 1.82) is 0 Å². The third-order valence-corrected chi connectivity index (χ3v) is 4.00. The Balaban J connectivity index is 2.23. The molecule has 0 amide bonds. The minimum atomic E-state index is -0.0980. The Bertz CT molecular complexity index is 550. The average molecular weight is 290 g/mol. The van der Waals surface area contributed by atoms with Gasteiger partial charge in [0.25, 0.3) is 0 Å². The Hall–Kier alpha value is -1.51. The Labute approximate surface area is 125 Å². The maximum atomic E-state index is 6.02. The highest BCUT2D eigenvalue weighted by atomic mass is 35.5. The summed E-state index contributed by atoms with van der Waals surface area (Å²) in [5.74, 6) is 0.870. The van der Waals surface area contributed by atoms with Crippen LogP contribution in [0.1, 0.15) is 18.1 Å². The Kier molecular flexibility index (Phi) is 4.69. The van der Waals surface area contributed by atoms with Crippen LogP contribution in [-0.4, -0.2) is 13.7 Å². The van der Waals surface area contributed by atoms with Crippen LogP contribution in [0.4, 0.5) is 0 Å². The highest BCUT2D eigenvalue weighted by Gasteiger charge is 2.25. The zero-order valence-corrected chi connectivity index (χ0v) is 12.7. The molecule has 0 saturated heterocycles. The highest BCUT2D eigenvalue weighted by Crippen LogP contribution is 2.29. The lowest BCUT2D eigenvalue weighted by Gasteiger charge is -2.29. The number of rotatable bonds is 5. The third kappa shape index (κ3) is 3.33. The monoisotopic (exact) mass is 289 g/mol. The van der Waals surface area contributed by atoms with Crippen LogP contribution in [0.2, 0.25) is 5.02 Å². The van der Waals surface area contributed by atoms with Crippen LogP contribution in [-0.2, 0) is 11.8 Å². The van der Waals surface area contributed by atoms with E-state index in [4.69, 9.17) is 22.1 Å². The molecule has 106 valence electrons. The molecule has 0 bridgehead atoms. The van der Waals surface area contributed by atoms with Gasteiger partial charge in [0.05, 0.1) is 7.11 Å². The van der Waals surface area contributed by atoms with E-state index in [1.807, 2.05) is 24.3 Å². The predicted molar refractivity (Wildman–Crippen MR) is 84.6 cm³/mol. The third-order valence-electron chi connectivity index (χ3n) is 3.75. The van der Waals surface area contributed by atoms with E-state index < -0.39 is 0 Å². The molecule has 0 radical (unpaired) electrons. The number of hydrogen-bond acceptors (Lipinski definition) is 2. The first-order valence-electron chi connectivity index (χ1n) is 6.66. The molecule has 0 aliphatic heterocycles. The molecule has 2 N–H and O–H groups in total. The first-order chi connectivity index (χ1) is 9.57. The van der Waals surface area contributed by atoms with Crippen LogP contribution in [0.3, 0.4) is 0 Å². The maximum absolute atomic E-state index is 6.02. The minimum absolute atomic E-state index is 0.0980. The van der Waals surface area contributed by atoms with Gasteiger partial charge in [0.1, 0.15) is 5.75 Å². The van der Waals surface area contributed by atoms with Crippen LogP contribution >= 0.6 is 11.6 Å². The first-order valence-corrected chi connectivity index (χ1v) is 7.04. The SMILES string of the molecule is COc1ccc(CC(C)(CN)c2ccc(Cl)cc2)cc1. The molecular weight excluding hydrogens is 270 g/mol. The van der Waals surface area contributed by atoms with Crippen LogP contribution in [0.5, 0.6) is 5.75 Å². The topological polar surface area (TPSA) is 35.2 Å². The van der Waals surface area contributed by atoms with E-state index in [0.717, 1.165) is 17.2 Å². The van der Waals surface area contributed by atoms with Crippen molar-refractivity contribution in [3.05, 3.63) is 64.7 Å². The number of nitrogens with two attached hydrogens (primary N) is 1. The molecule has 0 heterocycles. The number of methoxy groups -OCH3 is 1. The molecule has 3 heteroatoms.